The zero-order valence-corrected chi connectivity index (χ0v) is 37.4. The molecule has 0 aliphatic carbocycles. The number of alkyl halides is 2. The first-order valence-corrected chi connectivity index (χ1v) is 23.1. The molecule has 0 bridgehead atoms. The van der Waals surface area contributed by atoms with Crippen LogP contribution in [0.1, 0.15) is 112 Å². The third-order valence-corrected chi connectivity index (χ3v) is 14.0. The number of amides is 3. The summed E-state index contributed by atoms with van der Waals surface area (Å²) in [5.74, 6) is 0.665. The van der Waals surface area contributed by atoms with Crippen molar-refractivity contribution < 1.29 is 28.3 Å². The highest BCUT2D eigenvalue weighted by molar-refractivity contribution is 5.82. The number of piperidine rings is 2. The number of rotatable bonds is 13. The smallest absolute Gasteiger partial charge is 0.329 e. The number of aliphatic hydroxyl groups is 1. The maximum Gasteiger partial charge on any atom is 0.329 e. The molecule has 3 N–H and O–H groups in total. The summed E-state index contributed by atoms with van der Waals surface area (Å²) < 4.78 is 36.3. The summed E-state index contributed by atoms with van der Waals surface area (Å²) in [4.78, 5) is 56.8. The molecule has 346 valence electrons. The van der Waals surface area contributed by atoms with Crippen molar-refractivity contribution in [3.05, 3.63) is 75.6 Å². The van der Waals surface area contributed by atoms with E-state index in [0.29, 0.717) is 68.6 Å². The van der Waals surface area contributed by atoms with Crippen molar-refractivity contribution in [1.82, 2.24) is 43.8 Å². The molecule has 7 heterocycles. The van der Waals surface area contributed by atoms with E-state index in [1.807, 2.05) is 34.1 Å². The number of imidazole rings is 1. The topological polar surface area (TPSA) is 168 Å². The minimum Gasteiger partial charge on any atom is -0.385 e. The third kappa shape index (κ3) is 8.76. The van der Waals surface area contributed by atoms with Crippen LogP contribution < -0.4 is 21.2 Å². The summed E-state index contributed by atoms with van der Waals surface area (Å²) in [5, 5.41) is 26.0. The fourth-order valence-corrected chi connectivity index (χ4v) is 10.4. The lowest BCUT2D eigenvalue weighted by Gasteiger charge is -2.34. The van der Waals surface area contributed by atoms with Gasteiger partial charge in [0.05, 0.1) is 35.9 Å². The number of unbranched alkanes of at least 4 members (excludes halogenated alkanes) is 3. The lowest BCUT2D eigenvalue weighted by Crippen LogP contribution is -2.47. The normalized spacial score (nSPS) is 19.2. The fraction of sp³-hybridized carbons (Fsp3) is 0.532. The standard InChI is InChI=1S/C47H59F2N11O5/c1-29(61)57-22-17-37-36(28-57)45(58-19-8-9-30-23-34(31-26-51-54(2)27-31)35(44(48)49)25-40(30)58)53-60(37)33-15-20-56(21-16-33)43(63)10-6-4-5-7-18-50-32-11-12-38-41(24-32)55(3)47(65)59(38)39-13-14-42(62)52-46(39)64/h11-12,23-27,33,39,44,46,50,64H,4-10,13-22,28H2,1-3H3,(H,52,62). The van der Waals surface area contributed by atoms with E-state index in [-0.39, 0.29) is 41.4 Å². The van der Waals surface area contributed by atoms with E-state index in [9.17, 15) is 33.1 Å². The number of likely N-dealkylation sites (tertiary alicyclic amines) is 1. The fourth-order valence-electron chi connectivity index (χ4n) is 10.4. The number of benzene rings is 2. The van der Waals surface area contributed by atoms with Gasteiger partial charge >= 0.3 is 5.69 Å². The highest BCUT2D eigenvalue weighted by atomic mass is 19.3. The molecule has 9 rings (SSSR count). The quantitative estimate of drug-likeness (QED) is 0.123. The van der Waals surface area contributed by atoms with Gasteiger partial charge in [0.25, 0.3) is 6.43 Å². The molecule has 16 nitrogen and oxygen atoms in total. The van der Waals surface area contributed by atoms with Crippen LogP contribution in [0.2, 0.25) is 0 Å². The first kappa shape index (κ1) is 44.2. The number of nitrogens with zero attached hydrogens (tertiary/aromatic N) is 9. The molecule has 3 amide bonds. The Balaban J connectivity index is 0.790. The van der Waals surface area contributed by atoms with Crippen molar-refractivity contribution in [2.75, 3.05) is 42.9 Å². The van der Waals surface area contributed by atoms with Gasteiger partial charge in [-0.05, 0) is 86.4 Å². The number of carbonyl (C=O) groups is 3. The Kier molecular flexibility index (Phi) is 12.5. The van der Waals surface area contributed by atoms with Crippen LogP contribution in [0.4, 0.5) is 26.0 Å². The number of nitrogens with one attached hydrogen (secondary N) is 2. The summed E-state index contributed by atoms with van der Waals surface area (Å²) in [5.41, 5.74) is 6.99. The molecule has 2 fully saturated rings. The Morgan fingerprint density at radius 1 is 0.938 bits per heavy atom. The van der Waals surface area contributed by atoms with E-state index in [0.717, 1.165) is 97.4 Å². The SMILES string of the molecule is CC(=O)N1CCc2c(c(N3CCCc4cc(-c5cnn(C)c5)c(C(F)F)cc43)nn2C2CCN(C(=O)CCCCCCNc3ccc4c(c3)n(C)c(=O)n4C3CCC(=O)NC3O)CC2)C1. The van der Waals surface area contributed by atoms with Gasteiger partial charge in [0.15, 0.2) is 5.82 Å². The number of aliphatic hydroxyl groups excluding tert-OH is 1. The molecule has 0 saturated carbocycles. The van der Waals surface area contributed by atoms with Crippen LogP contribution in [0.5, 0.6) is 0 Å². The number of halogens is 2. The van der Waals surface area contributed by atoms with Crippen LogP contribution in [-0.4, -0.2) is 100 Å². The number of hydrogen-bond donors (Lipinski definition) is 3. The summed E-state index contributed by atoms with van der Waals surface area (Å²) in [7, 11) is 3.48. The van der Waals surface area contributed by atoms with E-state index in [4.69, 9.17) is 5.10 Å². The molecule has 18 heteroatoms. The summed E-state index contributed by atoms with van der Waals surface area (Å²) in [6.45, 7) is 5.22. The van der Waals surface area contributed by atoms with Crippen LogP contribution in [-0.2, 0) is 47.9 Å². The maximum absolute atomic E-state index is 14.7. The molecule has 0 radical (unpaired) electrons. The number of hydrogen-bond acceptors (Lipinski definition) is 9. The van der Waals surface area contributed by atoms with Gasteiger partial charge < -0.3 is 30.4 Å². The van der Waals surface area contributed by atoms with Crippen molar-refractivity contribution in [1.29, 1.82) is 0 Å². The molecule has 65 heavy (non-hydrogen) atoms. The Morgan fingerprint density at radius 3 is 2.48 bits per heavy atom. The highest BCUT2D eigenvalue weighted by Gasteiger charge is 2.36. The van der Waals surface area contributed by atoms with E-state index >= 15 is 0 Å². The van der Waals surface area contributed by atoms with Gasteiger partial charge in [-0.2, -0.15) is 10.2 Å². The lowest BCUT2D eigenvalue weighted by atomic mass is 9.92. The first-order valence-electron chi connectivity index (χ1n) is 23.1. The second-order valence-corrected chi connectivity index (χ2v) is 18.1. The molecular weight excluding hydrogens is 837 g/mol. The van der Waals surface area contributed by atoms with Crippen molar-refractivity contribution >= 4 is 45.9 Å². The first-order chi connectivity index (χ1) is 31.4. The van der Waals surface area contributed by atoms with Crippen LogP contribution in [0.25, 0.3) is 22.2 Å². The highest BCUT2D eigenvalue weighted by Crippen LogP contribution is 2.44. The Labute approximate surface area is 376 Å². The lowest BCUT2D eigenvalue weighted by molar-refractivity contribution is -0.132. The number of fused-ring (bicyclic) bond motifs is 3. The average Bonchev–Trinajstić information content (AvgIpc) is 3.98. The molecule has 2 atom stereocenters. The number of aryl methyl sites for hydroxylation is 3. The second kappa shape index (κ2) is 18.4. The summed E-state index contributed by atoms with van der Waals surface area (Å²) >= 11 is 0. The molecule has 5 aromatic rings. The minimum absolute atomic E-state index is 0.00854. The zero-order chi connectivity index (χ0) is 45.5. The Hall–Kier alpha value is -6.04. The molecule has 2 aromatic carbocycles. The predicted molar refractivity (Wildman–Crippen MR) is 242 cm³/mol. The number of aromatic nitrogens is 6. The van der Waals surface area contributed by atoms with E-state index in [1.165, 1.54) is 0 Å². The monoisotopic (exact) mass is 895 g/mol. The van der Waals surface area contributed by atoms with Crippen LogP contribution >= 0.6 is 0 Å². The van der Waals surface area contributed by atoms with Crippen molar-refractivity contribution in [2.24, 2.45) is 14.1 Å². The van der Waals surface area contributed by atoms with Gasteiger partial charge in [0.2, 0.25) is 17.7 Å². The van der Waals surface area contributed by atoms with E-state index < -0.39 is 18.7 Å². The van der Waals surface area contributed by atoms with Crippen LogP contribution in [0.3, 0.4) is 0 Å². The number of carbonyl (C=O) groups excluding carboxylic acids is 3. The molecular formula is C47H59F2N11O5. The van der Waals surface area contributed by atoms with Gasteiger partial charge in [-0.3, -0.25) is 32.9 Å². The average molecular weight is 896 g/mol. The Morgan fingerprint density at radius 2 is 1.74 bits per heavy atom. The third-order valence-electron chi connectivity index (χ3n) is 14.0. The van der Waals surface area contributed by atoms with Crippen molar-refractivity contribution in [3.8, 4) is 11.1 Å². The van der Waals surface area contributed by atoms with Crippen LogP contribution in [0.15, 0.2) is 47.5 Å². The van der Waals surface area contributed by atoms with Gasteiger partial charge in [-0.1, -0.05) is 12.8 Å². The maximum atomic E-state index is 14.7. The summed E-state index contributed by atoms with van der Waals surface area (Å²) in [6.07, 6.45) is 8.11. The molecule has 3 aromatic heterocycles. The van der Waals surface area contributed by atoms with E-state index in [2.05, 4.69) is 25.3 Å². The summed E-state index contributed by atoms with van der Waals surface area (Å²) in [6, 6.07) is 8.81. The van der Waals surface area contributed by atoms with Crippen molar-refractivity contribution in [2.45, 2.75) is 115 Å². The zero-order valence-electron chi connectivity index (χ0n) is 37.4. The molecule has 2 saturated heterocycles. The Bertz CT molecular complexity index is 2660. The largest absolute Gasteiger partial charge is 0.385 e. The molecule has 2 unspecified atom stereocenters. The molecule has 0 spiro atoms. The van der Waals surface area contributed by atoms with Gasteiger partial charge in [-0.25, -0.2) is 13.6 Å². The van der Waals surface area contributed by atoms with E-state index in [1.54, 1.807) is 53.3 Å². The van der Waals surface area contributed by atoms with Gasteiger partial charge in [0, 0.05) is 113 Å². The predicted octanol–water partition coefficient (Wildman–Crippen LogP) is 5.86. The van der Waals surface area contributed by atoms with Crippen LogP contribution in [0, 0.1) is 0 Å². The minimum atomic E-state index is -2.68. The van der Waals surface area contributed by atoms with Crippen molar-refractivity contribution in [3.63, 3.8) is 0 Å². The van der Waals surface area contributed by atoms with Gasteiger partial charge in [-0.15, -0.1) is 0 Å². The van der Waals surface area contributed by atoms with Gasteiger partial charge in [0.1, 0.15) is 6.23 Å². The molecule has 4 aliphatic rings. The second-order valence-electron chi connectivity index (χ2n) is 18.1. The molecule has 4 aliphatic heterocycles. The number of anilines is 3.